The fourth-order valence-electron chi connectivity index (χ4n) is 2.43. The van der Waals surface area contributed by atoms with Gasteiger partial charge in [0.25, 0.3) is 0 Å². The lowest BCUT2D eigenvalue weighted by atomic mass is 10.1. The van der Waals surface area contributed by atoms with Gasteiger partial charge in [-0.05, 0) is 12.8 Å². The maximum Gasteiger partial charge on any atom is 0.320 e. The van der Waals surface area contributed by atoms with Crippen LogP contribution in [0.15, 0.2) is 12.4 Å². The minimum absolute atomic E-state index is 0.0191. The maximum atomic E-state index is 12.3. The summed E-state index contributed by atoms with van der Waals surface area (Å²) in [5, 5.41) is 15.4. The number of H-pyrrole nitrogens is 1. The molecule has 0 saturated carbocycles. The van der Waals surface area contributed by atoms with E-state index in [1.54, 1.807) is 29.2 Å². The molecule has 2 rings (SSSR count). The molecule has 1 saturated heterocycles. The van der Waals surface area contributed by atoms with Crippen LogP contribution in [-0.2, 0) is 11.3 Å². The Kier molecular flexibility index (Phi) is 4.03. The summed E-state index contributed by atoms with van der Waals surface area (Å²) in [6, 6.07) is -0.304. The minimum Gasteiger partial charge on any atom is -0.481 e. The zero-order chi connectivity index (χ0) is 13.8. The second-order valence-electron chi connectivity index (χ2n) is 4.83. The van der Waals surface area contributed by atoms with Crippen molar-refractivity contribution in [3.8, 4) is 0 Å². The maximum absolute atomic E-state index is 12.3. The van der Waals surface area contributed by atoms with E-state index in [9.17, 15) is 9.59 Å². The van der Waals surface area contributed by atoms with Crippen LogP contribution in [0.3, 0.4) is 0 Å². The van der Waals surface area contributed by atoms with Gasteiger partial charge in [-0.3, -0.25) is 9.89 Å². The van der Waals surface area contributed by atoms with Crippen molar-refractivity contribution in [1.82, 2.24) is 20.0 Å². The highest BCUT2D eigenvalue weighted by atomic mass is 16.4. The lowest BCUT2D eigenvalue weighted by Gasteiger charge is -2.28. The first-order valence-electron chi connectivity index (χ1n) is 6.29. The van der Waals surface area contributed by atoms with Crippen LogP contribution in [0.1, 0.15) is 24.8 Å². The minimum atomic E-state index is -0.859. The van der Waals surface area contributed by atoms with Crippen molar-refractivity contribution in [2.24, 2.45) is 0 Å². The Morgan fingerprint density at radius 2 is 2.42 bits per heavy atom. The molecule has 7 nitrogen and oxygen atoms in total. The highest BCUT2D eigenvalue weighted by Gasteiger charge is 2.31. The summed E-state index contributed by atoms with van der Waals surface area (Å²) >= 11 is 0. The van der Waals surface area contributed by atoms with Gasteiger partial charge in [0.2, 0.25) is 0 Å². The molecule has 1 atom stereocenters. The molecule has 1 aromatic heterocycles. The van der Waals surface area contributed by atoms with Crippen molar-refractivity contribution >= 4 is 12.0 Å². The lowest BCUT2D eigenvalue weighted by Crippen LogP contribution is -2.44. The van der Waals surface area contributed by atoms with Crippen LogP contribution < -0.4 is 0 Å². The van der Waals surface area contributed by atoms with Gasteiger partial charge in [0.05, 0.1) is 19.2 Å². The van der Waals surface area contributed by atoms with E-state index in [4.69, 9.17) is 5.11 Å². The number of nitrogens with one attached hydrogen (secondary N) is 1. The molecule has 1 fully saturated rings. The third kappa shape index (κ3) is 3.24. The predicted molar refractivity (Wildman–Crippen MR) is 67.4 cm³/mol. The second kappa shape index (κ2) is 5.73. The monoisotopic (exact) mass is 266 g/mol. The number of nitrogens with zero attached hydrogens (tertiary/aromatic N) is 3. The van der Waals surface area contributed by atoms with Gasteiger partial charge >= 0.3 is 12.0 Å². The van der Waals surface area contributed by atoms with Gasteiger partial charge in [-0.25, -0.2) is 4.79 Å². The molecule has 0 aliphatic carbocycles. The van der Waals surface area contributed by atoms with E-state index < -0.39 is 5.97 Å². The summed E-state index contributed by atoms with van der Waals surface area (Å²) < 4.78 is 0. The number of aliphatic carboxylic acids is 1. The number of amides is 2. The van der Waals surface area contributed by atoms with Crippen LogP contribution in [0.2, 0.25) is 0 Å². The molecule has 1 aliphatic rings. The zero-order valence-electron chi connectivity index (χ0n) is 10.9. The van der Waals surface area contributed by atoms with Crippen LogP contribution in [0.4, 0.5) is 4.79 Å². The van der Waals surface area contributed by atoms with Gasteiger partial charge in [0.1, 0.15) is 0 Å². The molecule has 1 aromatic rings. The first-order chi connectivity index (χ1) is 9.08. The lowest BCUT2D eigenvalue weighted by molar-refractivity contribution is -0.138. The third-order valence-electron chi connectivity index (χ3n) is 3.33. The Labute approximate surface area is 111 Å². The number of hydrogen-bond acceptors (Lipinski definition) is 3. The first-order valence-corrected chi connectivity index (χ1v) is 6.29. The number of urea groups is 1. The number of aromatic nitrogens is 2. The van der Waals surface area contributed by atoms with Gasteiger partial charge < -0.3 is 14.9 Å². The van der Waals surface area contributed by atoms with Crippen LogP contribution in [-0.4, -0.2) is 56.7 Å². The van der Waals surface area contributed by atoms with Crippen LogP contribution in [0.5, 0.6) is 0 Å². The fourth-order valence-corrected chi connectivity index (χ4v) is 2.43. The molecule has 2 amide bonds. The van der Waals surface area contributed by atoms with E-state index in [1.165, 1.54) is 0 Å². The number of carbonyl (C=O) groups excluding carboxylic acids is 1. The highest BCUT2D eigenvalue weighted by molar-refractivity contribution is 5.76. The largest absolute Gasteiger partial charge is 0.481 e. The number of rotatable bonds is 4. The Bertz CT molecular complexity index is 446. The smallest absolute Gasteiger partial charge is 0.320 e. The summed E-state index contributed by atoms with van der Waals surface area (Å²) in [6.07, 6.45) is 5.05. The van der Waals surface area contributed by atoms with Crippen molar-refractivity contribution in [2.75, 3.05) is 13.6 Å². The Morgan fingerprint density at radius 3 is 3.05 bits per heavy atom. The highest BCUT2D eigenvalue weighted by Crippen LogP contribution is 2.21. The molecule has 7 heteroatoms. The van der Waals surface area contributed by atoms with Gasteiger partial charge in [-0.2, -0.15) is 5.10 Å². The van der Waals surface area contributed by atoms with Crippen LogP contribution in [0.25, 0.3) is 0 Å². The quantitative estimate of drug-likeness (QED) is 0.847. The molecule has 0 aromatic carbocycles. The molecule has 1 unspecified atom stereocenters. The number of hydrogen-bond donors (Lipinski definition) is 2. The number of carboxylic acid groups (broad SMARTS) is 1. The van der Waals surface area contributed by atoms with Crippen molar-refractivity contribution in [1.29, 1.82) is 0 Å². The molecule has 19 heavy (non-hydrogen) atoms. The van der Waals surface area contributed by atoms with Crippen molar-refractivity contribution in [3.05, 3.63) is 18.0 Å². The summed E-state index contributed by atoms with van der Waals surface area (Å²) in [4.78, 5) is 26.3. The van der Waals surface area contributed by atoms with Crippen LogP contribution >= 0.6 is 0 Å². The molecule has 0 radical (unpaired) electrons. The summed E-state index contributed by atoms with van der Waals surface area (Å²) in [7, 11) is 1.71. The molecule has 0 spiro atoms. The third-order valence-corrected chi connectivity index (χ3v) is 3.33. The zero-order valence-corrected chi connectivity index (χ0v) is 10.9. The molecular formula is C12H18N4O3. The number of carboxylic acids is 1. The summed E-state index contributed by atoms with van der Waals surface area (Å²) in [5.41, 5.74) is 0.921. The number of carbonyl (C=O) groups is 2. The van der Waals surface area contributed by atoms with E-state index in [0.29, 0.717) is 13.1 Å². The molecular weight excluding hydrogens is 248 g/mol. The predicted octanol–water partition coefficient (Wildman–Crippen LogP) is 0.901. The standard InChI is InChI=1S/C12H18N4O3/c1-15(8-9-6-13-14-7-9)12(19)16-4-2-3-10(16)5-11(17)18/h6-7,10H,2-5,8H2,1H3,(H,13,14)(H,17,18). The Morgan fingerprint density at radius 1 is 1.63 bits per heavy atom. The molecule has 2 N–H and O–H groups in total. The SMILES string of the molecule is CN(Cc1cn[nH]c1)C(=O)N1CCCC1CC(=O)O. The Hall–Kier alpha value is -2.05. The van der Waals surface area contributed by atoms with Gasteiger partial charge in [-0.1, -0.05) is 0 Å². The summed E-state index contributed by atoms with van der Waals surface area (Å²) in [6.45, 7) is 1.10. The van der Waals surface area contributed by atoms with Gasteiger partial charge in [0.15, 0.2) is 0 Å². The van der Waals surface area contributed by atoms with Gasteiger partial charge in [0, 0.05) is 31.4 Å². The fraction of sp³-hybridized carbons (Fsp3) is 0.583. The molecule has 0 bridgehead atoms. The second-order valence-corrected chi connectivity index (χ2v) is 4.83. The summed E-state index contributed by atoms with van der Waals surface area (Å²) in [5.74, 6) is -0.859. The average Bonchev–Trinajstić information content (AvgIpc) is 2.98. The van der Waals surface area contributed by atoms with E-state index >= 15 is 0 Å². The van der Waals surface area contributed by atoms with E-state index in [0.717, 1.165) is 18.4 Å². The van der Waals surface area contributed by atoms with Crippen LogP contribution in [0, 0.1) is 0 Å². The molecule has 1 aliphatic heterocycles. The van der Waals surface area contributed by atoms with Crippen molar-refractivity contribution < 1.29 is 14.7 Å². The first kappa shape index (κ1) is 13.4. The van der Waals surface area contributed by atoms with Gasteiger partial charge in [-0.15, -0.1) is 0 Å². The molecule has 2 heterocycles. The average molecular weight is 266 g/mol. The topological polar surface area (TPSA) is 89.5 Å². The number of likely N-dealkylation sites (tertiary alicyclic amines) is 1. The van der Waals surface area contributed by atoms with E-state index in [-0.39, 0.29) is 18.5 Å². The molecule has 104 valence electrons. The van der Waals surface area contributed by atoms with E-state index in [2.05, 4.69) is 10.2 Å². The normalized spacial score (nSPS) is 18.6. The van der Waals surface area contributed by atoms with E-state index in [1.807, 2.05) is 0 Å². The number of aromatic amines is 1. The Balaban J connectivity index is 1.95. The van der Waals surface area contributed by atoms with Crippen molar-refractivity contribution in [2.45, 2.75) is 31.8 Å². The van der Waals surface area contributed by atoms with Crippen molar-refractivity contribution in [3.63, 3.8) is 0 Å².